The third-order valence-corrected chi connectivity index (χ3v) is 1.97. The van der Waals surface area contributed by atoms with Crippen molar-refractivity contribution in [3.63, 3.8) is 0 Å². The lowest BCUT2D eigenvalue weighted by atomic mass is 9.79. The molecule has 0 heterocycles. The molecule has 0 radical (unpaired) electrons. The molecule has 0 aliphatic heterocycles. The monoisotopic (exact) mass is 258 g/mol. The molecule has 0 aliphatic carbocycles. The smallest absolute Gasteiger partial charge is 0.456 e. The Balaban J connectivity index is 3.11. The summed E-state index contributed by atoms with van der Waals surface area (Å²) in [6.45, 7) is 4.84. The second-order valence-corrected chi connectivity index (χ2v) is 4.73. The molecule has 18 heavy (non-hydrogen) atoms. The molecule has 0 saturated heterocycles. The average molecular weight is 258 g/mol. The zero-order valence-corrected chi connectivity index (χ0v) is 10.2. The third-order valence-electron chi connectivity index (χ3n) is 1.97. The lowest BCUT2D eigenvalue weighted by molar-refractivity contribution is 0.00684. The number of halogens is 2. The molecule has 0 aliphatic rings. The van der Waals surface area contributed by atoms with Crippen LogP contribution in [-0.2, 0) is 4.74 Å². The van der Waals surface area contributed by atoms with Crippen LogP contribution in [0.2, 0.25) is 0 Å². The Morgan fingerprint density at radius 3 is 2.00 bits per heavy atom. The standard InChI is InChI=1S/C11H13BF2O4/c1-11(2,3)18-10(15)6-4-7(13)9(12(16)17)8(14)5-6/h4-5,16-17H,1-3H3. The minimum absolute atomic E-state index is 0.329. The van der Waals surface area contributed by atoms with E-state index in [0.29, 0.717) is 12.1 Å². The molecule has 4 nitrogen and oxygen atoms in total. The van der Waals surface area contributed by atoms with E-state index in [1.165, 1.54) is 0 Å². The molecule has 1 aromatic carbocycles. The minimum atomic E-state index is -2.28. The average Bonchev–Trinajstić information content (AvgIpc) is 2.12. The third kappa shape index (κ3) is 3.51. The van der Waals surface area contributed by atoms with E-state index >= 15 is 0 Å². The number of esters is 1. The fourth-order valence-electron chi connectivity index (χ4n) is 1.29. The Hall–Kier alpha value is -1.47. The zero-order chi connectivity index (χ0) is 14.1. The van der Waals surface area contributed by atoms with Crippen molar-refractivity contribution in [1.29, 1.82) is 0 Å². The van der Waals surface area contributed by atoms with Gasteiger partial charge in [-0.05, 0) is 32.9 Å². The Bertz CT molecular complexity index is 446. The van der Waals surface area contributed by atoms with E-state index in [2.05, 4.69) is 0 Å². The highest BCUT2D eigenvalue weighted by molar-refractivity contribution is 6.58. The van der Waals surface area contributed by atoms with Gasteiger partial charge in [0.05, 0.1) is 11.0 Å². The Labute approximate surface area is 103 Å². The van der Waals surface area contributed by atoms with Crippen LogP contribution >= 0.6 is 0 Å². The normalized spacial score (nSPS) is 11.3. The van der Waals surface area contributed by atoms with Crippen LogP contribution in [0.5, 0.6) is 0 Å². The van der Waals surface area contributed by atoms with Crippen molar-refractivity contribution in [2.45, 2.75) is 26.4 Å². The van der Waals surface area contributed by atoms with Gasteiger partial charge in [0.15, 0.2) is 0 Å². The molecular weight excluding hydrogens is 245 g/mol. The molecule has 0 spiro atoms. The number of rotatable bonds is 2. The van der Waals surface area contributed by atoms with Gasteiger partial charge in [-0.2, -0.15) is 0 Å². The van der Waals surface area contributed by atoms with Gasteiger partial charge < -0.3 is 14.8 Å². The molecule has 7 heteroatoms. The fourth-order valence-corrected chi connectivity index (χ4v) is 1.29. The molecule has 0 aromatic heterocycles. The molecule has 1 aromatic rings. The maximum Gasteiger partial charge on any atom is 0.494 e. The predicted octanol–water partition coefficient (Wildman–Crippen LogP) is 0.600. The summed E-state index contributed by atoms with van der Waals surface area (Å²) in [5.41, 5.74) is -2.02. The van der Waals surface area contributed by atoms with Gasteiger partial charge in [-0.1, -0.05) is 0 Å². The van der Waals surface area contributed by atoms with Gasteiger partial charge >= 0.3 is 13.1 Å². The summed E-state index contributed by atoms with van der Waals surface area (Å²) in [7, 11) is -2.28. The zero-order valence-electron chi connectivity index (χ0n) is 10.2. The van der Waals surface area contributed by atoms with Crippen LogP contribution in [-0.4, -0.2) is 28.7 Å². The molecule has 98 valence electrons. The van der Waals surface area contributed by atoms with Gasteiger partial charge in [-0.25, -0.2) is 13.6 Å². The van der Waals surface area contributed by atoms with Crippen molar-refractivity contribution in [2.75, 3.05) is 0 Å². The molecule has 0 fully saturated rings. The number of carbonyl (C=O) groups excluding carboxylic acids is 1. The minimum Gasteiger partial charge on any atom is -0.456 e. The van der Waals surface area contributed by atoms with Crippen molar-refractivity contribution in [3.05, 3.63) is 29.3 Å². The van der Waals surface area contributed by atoms with Crippen molar-refractivity contribution in [2.24, 2.45) is 0 Å². The van der Waals surface area contributed by atoms with Crippen molar-refractivity contribution in [3.8, 4) is 0 Å². The quantitative estimate of drug-likeness (QED) is 0.602. The Kier molecular flexibility index (Phi) is 4.08. The summed E-state index contributed by atoms with van der Waals surface area (Å²) >= 11 is 0. The summed E-state index contributed by atoms with van der Waals surface area (Å²) in [5, 5.41) is 17.5. The number of ether oxygens (including phenoxy) is 1. The van der Waals surface area contributed by atoms with Crippen LogP contribution in [0.3, 0.4) is 0 Å². The first-order chi connectivity index (χ1) is 8.11. The molecule has 1 rings (SSSR count). The molecule has 0 atom stereocenters. The summed E-state index contributed by atoms with van der Waals surface area (Å²) in [4.78, 5) is 11.6. The SMILES string of the molecule is CC(C)(C)OC(=O)c1cc(F)c(B(O)O)c(F)c1. The van der Waals surface area contributed by atoms with Gasteiger partial charge in [0.25, 0.3) is 0 Å². The molecule has 0 amide bonds. The van der Waals surface area contributed by atoms with Crippen LogP contribution < -0.4 is 5.46 Å². The van der Waals surface area contributed by atoms with Crippen LogP contribution in [0.1, 0.15) is 31.1 Å². The maximum absolute atomic E-state index is 13.4. The molecule has 0 bridgehead atoms. The van der Waals surface area contributed by atoms with Gasteiger partial charge in [-0.3, -0.25) is 0 Å². The Morgan fingerprint density at radius 1 is 1.22 bits per heavy atom. The molecule has 0 unspecified atom stereocenters. The highest BCUT2D eigenvalue weighted by atomic mass is 19.1. The summed E-state index contributed by atoms with van der Waals surface area (Å²) in [6.07, 6.45) is 0. The number of carbonyl (C=O) groups is 1. The second kappa shape index (κ2) is 5.03. The molecule has 2 N–H and O–H groups in total. The first-order valence-corrected chi connectivity index (χ1v) is 5.20. The first kappa shape index (κ1) is 14.6. The van der Waals surface area contributed by atoms with E-state index in [4.69, 9.17) is 14.8 Å². The maximum atomic E-state index is 13.4. The van der Waals surface area contributed by atoms with Crippen molar-refractivity contribution >= 4 is 18.6 Å². The highest BCUT2D eigenvalue weighted by Crippen LogP contribution is 2.14. The van der Waals surface area contributed by atoms with E-state index in [9.17, 15) is 13.6 Å². The Morgan fingerprint density at radius 2 is 1.67 bits per heavy atom. The summed E-state index contributed by atoms with van der Waals surface area (Å²) < 4.78 is 31.7. The van der Waals surface area contributed by atoms with E-state index in [1.807, 2.05) is 0 Å². The van der Waals surface area contributed by atoms with Gasteiger partial charge in [0.1, 0.15) is 17.2 Å². The second-order valence-electron chi connectivity index (χ2n) is 4.73. The summed E-state index contributed by atoms with van der Waals surface area (Å²) in [6, 6.07) is 1.40. The lowest BCUT2D eigenvalue weighted by Crippen LogP contribution is -2.36. The van der Waals surface area contributed by atoms with Gasteiger partial charge in [0.2, 0.25) is 0 Å². The van der Waals surface area contributed by atoms with Crippen LogP contribution in [0.25, 0.3) is 0 Å². The molecule has 0 saturated carbocycles. The van der Waals surface area contributed by atoms with Gasteiger partial charge in [-0.15, -0.1) is 0 Å². The number of benzene rings is 1. The van der Waals surface area contributed by atoms with Crippen LogP contribution in [0.15, 0.2) is 12.1 Å². The number of hydrogen-bond acceptors (Lipinski definition) is 4. The van der Waals surface area contributed by atoms with Crippen LogP contribution in [0.4, 0.5) is 8.78 Å². The number of hydrogen-bond donors (Lipinski definition) is 2. The first-order valence-electron chi connectivity index (χ1n) is 5.20. The van der Waals surface area contributed by atoms with E-state index < -0.39 is 35.8 Å². The predicted molar refractivity (Wildman–Crippen MR) is 61.4 cm³/mol. The highest BCUT2D eigenvalue weighted by Gasteiger charge is 2.25. The topological polar surface area (TPSA) is 66.8 Å². The van der Waals surface area contributed by atoms with E-state index in [0.717, 1.165) is 0 Å². The van der Waals surface area contributed by atoms with Crippen molar-refractivity contribution < 1.29 is 28.4 Å². The van der Waals surface area contributed by atoms with Crippen molar-refractivity contribution in [1.82, 2.24) is 0 Å². The summed E-state index contributed by atoms with van der Waals surface area (Å²) in [5.74, 6) is -3.32. The van der Waals surface area contributed by atoms with E-state index in [-0.39, 0.29) is 5.56 Å². The van der Waals surface area contributed by atoms with Gasteiger partial charge in [0, 0.05) is 0 Å². The van der Waals surface area contributed by atoms with Crippen LogP contribution in [0, 0.1) is 11.6 Å². The molecular formula is C11H13BF2O4. The largest absolute Gasteiger partial charge is 0.494 e. The fraction of sp³-hybridized carbons (Fsp3) is 0.364. The van der Waals surface area contributed by atoms with E-state index in [1.54, 1.807) is 20.8 Å². The lowest BCUT2D eigenvalue weighted by Gasteiger charge is -2.19.